The van der Waals surface area contributed by atoms with Gasteiger partial charge in [-0.1, -0.05) is 24.3 Å². The third-order valence-electron chi connectivity index (χ3n) is 5.31. The fourth-order valence-electron chi connectivity index (χ4n) is 3.75. The summed E-state index contributed by atoms with van der Waals surface area (Å²) in [5, 5.41) is 1.99. The van der Waals surface area contributed by atoms with Gasteiger partial charge in [0.1, 0.15) is 17.9 Å². The van der Waals surface area contributed by atoms with Crippen molar-refractivity contribution in [2.45, 2.75) is 64.6 Å². The first kappa shape index (κ1) is 23.7. The van der Waals surface area contributed by atoms with Crippen molar-refractivity contribution in [2.24, 2.45) is 5.73 Å². The average Bonchev–Trinajstić information content (AvgIpc) is 3.26. The molecule has 8 heteroatoms. The molecular weight excluding hydrogens is 428 g/mol. The van der Waals surface area contributed by atoms with E-state index in [0.29, 0.717) is 17.0 Å². The Morgan fingerprint density at radius 2 is 1.91 bits per heavy atom. The summed E-state index contributed by atoms with van der Waals surface area (Å²) < 4.78 is 5.30. The van der Waals surface area contributed by atoms with Crippen molar-refractivity contribution in [2.75, 3.05) is 0 Å². The Morgan fingerprint density at radius 3 is 2.50 bits per heavy atom. The van der Waals surface area contributed by atoms with Gasteiger partial charge in [0.05, 0.1) is 4.88 Å². The van der Waals surface area contributed by atoms with Gasteiger partial charge in [0.15, 0.2) is 0 Å². The van der Waals surface area contributed by atoms with Crippen LogP contribution in [0.25, 0.3) is 0 Å². The number of hydrogen-bond acceptors (Lipinski definition) is 6. The largest absolute Gasteiger partial charge is 0.460 e. The third-order valence-corrected chi connectivity index (χ3v) is 6.37. The molecule has 1 atom stereocenters. The summed E-state index contributed by atoms with van der Waals surface area (Å²) in [6.07, 6.45) is 2.46. The highest BCUT2D eigenvalue weighted by atomic mass is 32.1. The summed E-state index contributed by atoms with van der Waals surface area (Å²) in [5.41, 5.74) is 8.70. The van der Waals surface area contributed by atoms with E-state index in [-0.39, 0.29) is 18.7 Å². The Morgan fingerprint density at radius 1 is 1.22 bits per heavy atom. The standard InChI is InChI=1S/C24H28N2O5S/c1-24(2,3)31-20(28)11-10-19(22(25)29)26-12-18-17(14-32-21(18)23(26)30)9-8-15-4-6-16(13-27)7-5-15/h4-7,13-14,19H,8-12H2,1-3H3,(H2,25,29)/t19-/m0/s1. The summed E-state index contributed by atoms with van der Waals surface area (Å²) in [4.78, 5) is 50.0. The molecule has 0 bridgehead atoms. The molecule has 1 aliphatic rings. The highest BCUT2D eigenvalue weighted by Gasteiger charge is 2.38. The SMILES string of the molecule is CC(C)(C)OC(=O)CC[C@@H](C(N)=O)N1Cc2c(CCc3ccc(C=O)cc3)csc2C1=O. The van der Waals surface area contributed by atoms with E-state index >= 15 is 0 Å². The van der Waals surface area contributed by atoms with Gasteiger partial charge in [0, 0.05) is 18.5 Å². The van der Waals surface area contributed by atoms with Crippen LogP contribution in [0.3, 0.4) is 0 Å². The van der Waals surface area contributed by atoms with Crippen LogP contribution >= 0.6 is 11.3 Å². The van der Waals surface area contributed by atoms with Gasteiger partial charge in [-0.2, -0.15) is 0 Å². The van der Waals surface area contributed by atoms with E-state index in [1.807, 2.05) is 17.5 Å². The molecule has 170 valence electrons. The molecule has 0 radical (unpaired) electrons. The zero-order valence-corrected chi connectivity index (χ0v) is 19.4. The Bertz CT molecular complexity index is 1020. The minimum atomic E-state index is -0.863. The van der Waals surface area contributed by atoms with Gasteiger partial charge in [0.25, 0.3) is 5.91 Å². The number of amides is 2. The van der Waals surface area contributed by atoms with E-state index in [1.165, 1.54) is 16.2 Å². The fourth-order valence-corrected chi connectivity index (χ4v) is 4.82. The molecule has 2 heterocycles. The van der Waals surface area contributed by atoms with Crippen LogP contribution in [0.1, 0.15) is 70.3 Å². The van der Waals surface area contributed by atoms with Gasteiger partial charge in [-0.15, -0.1) is 11.3 Å². The molecule has 0 saturated carbocycles. The van der Waals surface area contributed by atoms with Crippen LogP contribution in [0.4, 0.5) is 0 Å². The summed E-state index contributed by atoms with van der Waals surface area (Å²) in [6, 6.07) is 6.56. The van der Waals surface area contributed by atoms with Crippen LogP contribution in [0, 0.1) is 0 Å². The van der Waals surface area contributed by atoms with Gasteiger partial charge in [-0.05, 0) is 62.1 Å². The number of fused-ring (bicyclic) bond motifs is 1. The lowest BCUT2D eigenvalue weighted by atomic mass is 10.0. The molecule has 0 unspecified atom stereocenters. The molecule has 2 N–H and O–H groups in total. The first-order valence-electron chi connectivity index (χ1n) is 10.5. The molecule has 0 spiro atoms. The van der Waals surface area contributed by atoms with Crippen LogP contribution < -0.4 is 5.73 Å². The average molecular weight is 457 g/mol. The number of thiophene rings is 1. The predicted octanol–water partition coefficient (Wildman–Crippen LogP) is 3.28. The van der Waals surface area contributed by atoms with E-state index in [4.69, 9.17) is 10.5 Å². The number of nitrogens with zero attached hydrogens (tertiary/aromatic N) is 1. The lowest BCUT2D eigenvalue weighted by Gasteiger charge is -2.26. The van der Waals surface area contributed by atoms with Crippen LogP contribution in [-0.2, 0) is 33.7 Å². The minimum Gasteiger partial charge on any atom is -0.460 e. The second-order valence-electron chi connectivity index (χ2n) is 8.90. The van der Waals surface area contributed by atoms with Crippen molar-refractivity contribution < 1.29 is 23.9 Å². The molecule has 2 aromatic rings. The monoisotopic (exact) mass is 456 g/mol. The highest BCUT2D eigenvalue weighted by molar-refractivity contribution is 7.12. The second kappa shape index (κ2) is 9.65. The number of aryl methyl sites for hydroxylation is 2. The van der Waals surface area contributed by atoms with Crippen molar-refractivity contribution in [1.29, 1.82) is 0 Å². The van der Waals surface area contributed by atoms with Crippen LogP contribution in [0.5, 0.6) is 0 Å². The maximum absolute atomic E-state index is 13.0. The number of ether oxygens (including phenoxy) is 1. The molecule has 32 heavy (non-hydrogen) atoms. The molecule has 1 aliphatic heterocycles. The van der Waals surface area contributed by atoms with E-state index in [2.05, 4.69) is 0 Å². The quantitative estimate of drug-likeness (QED) is 0.460. The maximum Gasteiger partial charge on any atom is 0.306 e. The molecule has 1 aromatic heterocycles. The van der Waals surface area contributed by atoms with Crippen molar-refractivity contribution >= 4 is 35.4 Å². The maximum atomic E-state index is 13.0. The normalized spacial score (nSPS) is 14.2. The molecule has 0 saturated heterocycles. The van der Waals surface area contributed by atoms with Crippen molar-refractivity contribution in [1.82, 2.24) is 4.90 Å². The van der Waals surface area contributed by atoms with E-state index in [9.17, 15) is 19.2 Å². The Labute approximate surface area is 191 Å². The number of rotatable bonds is 9. The van der Waals surface area contributed by atoms with E-state index in [0.717, 1.165) is 35.8 Å². The second-order valence-corrected chi connectivity index (χ2v) is 9.78. The van der Waals surface area contributed by atoms with Crippen LogP contribution in [-0.4, -0.2) is 40.6 Å². The van der Waals surface area contributed by atoms with E-state index in [1.54, 1.807) is 32.9 Å². The van der Waals surface area contributed by atoms with Gasteiger partial charge in [-0.3, -0.25) is 19.2 Å². The molecular formula is C24H28N2O5S. The zero-order valence-electron chi connectivity index (χ0n) is 18.6. The highest BCUT2D eigenvalue weighted by Crippen LogP contribution is 2.34. The fraction of sp³-hybridized carbons (Fsp3) is 0.417. The van der Waals surface area contributed by atoms with Gasteiger partial charge < -0.3 is 15.4 Å². The lowest BCUT2D eigenvalue weighted by molar-refractivity contribution is -0.155. The Kier molecular flexibility index (Phi) is 7.13. The van der Waals surface area contributed by atoms with Crippen LogP contribution in [0.2, 0.25) is 0 Å². The number of primary amides is 1. The van der Waals surface area contributed by atoms with Crippen LogP contribution in [0.15, 0.2) is 29.6 Å². The minimum absolute atomic E-state index is 0.00590. The zero-order chi connectivity index (χ0) is 23.5. The smallest absolute Gasteiger partial charge is 0.306 e. The molecule has 0 aliphatic carbocycles. The summed E-state index contributed by atoms with van der Waals surface area (Å²) in [7, 11) is 0. The van der Waals surface area contributed by atoms with Gasteiger partial charge >= 0.3 is 5.97 Å². The van der Waals surface area contributed by atoms with E-state index < -0.39 is 23.5 Å². The van der Waals surface area contributed by atoms with Crippen molar-refractivity contribution in [3.05, 3.63) is 56.8 Å². The summed E-state index contributed by atoms with van der Waals surface area (Å²) >= 11 is 1.37. The number of esters is 1. The number of carbonyl (C=O) groups excluding carboxylic acids is 4. The molecule has 1 aromatic carbocycles. The number of benzene rings is 1. The molecule has 7 nitrogen and oxygen atoms in total. The first-order valence-corrected chi connectivity index (χ1v) is 11.4. The summed E-state index contributed by atoms with van der Waals surface area (Å²) in [6.45, 7) is 5.63. The topological polar surface area (TPSA) is 107 Å². The van der Waals surface area contributed by atoms with Crippen molar-refractivity contribution in [3.8, 4) is 0 Å². The Balaban J connectivity index is 1.66. The van der Waals surface area contributed by atoms with Gasteiger partial charge in [-0.25, -0.2) is 0 Å². The third kappa shape index (κ3) is 5.62. The lowest BCUT2D eigenvalue weighted by Crippen LogP contribution is -2.45. The molecule has 2 amide bonds. The van der Waals surface area contributed by atoms with Gasteiger partial charge in [0.2, 0.25) is 5.91 Å². The number of carbonyl (C=O) groups is 4. The first-order chi connectivity index (χ1) is 15.1. The predicted molar refractivity (Wildman–Crippen MR) is 121 cm³/mol. The molecule has 3 rings (SSSR count). The number of aldehydes is 1. The molecule has 0 fully saturated rings. The van der Waals surface area contributed by atoms with Crippen molar-refractivity contribution in [3.63, 3.8) is 0 Å². The number of hydrogen-bond donors (Lipinski definition) is 1. The Hall–Kier alpha value is -3.00. The number of nitrogens with two attached hydrogens (primary N) is 1. The summed E-state index contributed by atoms with van der Waals surface area (Å²) in [5.74, 6) is -1.28.